The molecule has 0 spiro atoms. The predicted molar refractivity (Wildman–Crippen MR) is 131 cm³/mol. The molecule has 1 saturated carbocycles. The summed E-state index contributed by atoms with van der Waals surface area (Å²) in [5.74, 6) is -0.553. The summed E-state index contributed by atoms with van der Waals surface area (Å²) in [4.78, 5) is 15.5. The number of hydrogen-bond donors (Lipinski definition) is 2. The number of pyridine rings is 1. The molecule has 6 nitrogen and oxygen atoms in total. The van der Waals surface area contributed by atoms with Crippen molar-refractivity contribution in [1.82, 2.24) is 4.98 Å². The third kappa shape index (κ3) is 5.15. The smallest absolute Gasteiger partial charge is 0.307 e. The van der Waals surface area contributed by atoms with Crippen molar-refractivity contribution in [2.75, 3.05) is 18.5 Å². The van der Waals surface area contributed by atoms with Gasteiger partial charge in [-0.15, -0.1) is 0 Å². The van der Waals surface area contributed by atoms with Gasteiger partial charge in [0, 0.05) is 30.1 Å². The highest BCUT2D eigenvalue weighted by Gasteiger charge is 2.45. The number of carboxylic acid groups (broad SMARTS) is 1. The topological polar surface area (TPSA) is 80.7 Å². The van der Waals surface area contributed by atoms with Crippen LogP contribution in [0.2, 0.25) is 0 Å². The summed E-state index contributed by atoms with van der Waals surface area (Å²) in [7, 11) is 0. The molecule has 0 amide bonds. The number of nitrogens with zero attached hydrogens (tertiary/aromatic N) is 1. The number of hydrogen-bond acceptors (Lipinski definition) is 5. The van der Waals surface area contributed by atoms with Crippen LogP contribution in [0.4, 0.5) is 10.1 Å². The van der Waals surface area contributed by atoms with Gasteiger partial charge in [0.2, 0.25) is 0 Å². The Balaban J connectivity index is 1.29. The van der Waals surface area contributed by atoms with Gasteiger partial charge in [-0.3, -0.25) is 9.78 Å². The summed E-state index contributed by atoms with van der Waals surface area (Å²) < 4.78 is 26.1. The van der Waals surface area contributed by atoms with Crippen LogP contribution in [0.15, 0.2) is 48.7 Å². The zero-order valence-corrected chi connectivity index (χ0v) is 19.9. The fraction of sp³-hybridized carbons (Fsp3) is 0.357. The summed E-state index contributed by atoms with van der Waals surface area (Å²) in [5.41, 5.74) is 6.28. The molecule has 1 aliphatic carbocycles. The molecule has 2 aromatic carbocycles. The largest absolute Gasteiger partial charge is 0.488 e. The Morgan fingerprint density at radius 3 is 2.63 bits per heavy atom. The molecule has 0 radical (unpaired) electrons. The van der Waals surface area contributed by atoms with E-state index in [1.54, 1.807) is 6.20 Å². The molecule has 182 valence electrons. The number of aliphatic carboxylic acids is 1. The Bertz CT molecular complexity index is 1220. The highest BCUT2D eigenvalue weighted by atomic mass is 19.1. The van der Waals surface area contributed by atoms with Crippen molar-refractivity contribution < 1.29 is 23.8 Å². The summed E-state index contributed by atoms with van der Waals surface area (Å²) in [6.45, 7) is 5.75. The zero-order chi connectivity index (χ0) is 24.5. The Hall–Kier alpha value is -3.45. The lowest BCUT2D eigenvalue weighted by Crippen LogP contribution is -2.15. The van der Waals surface area contributed by atoms with Gasteiger partial charge in [-0.1, -0.05) is 6.07 Å². The highest BCUT2D eigenvalue weighted by molar-refractivity contribution is 5.75. The van der Waals surface area contributed by atoms with E-state index < -0.39 is 5.97 Å². The van der Waals surface area contributed by atoms with Gasteiger partial charge in [0.25, 0.3) is 0 Å². The molecule has 1 aromatic heterocycles. The van der Waals surface area contributed by atoms with Crippen LogP contribution in [0, 0.1) is 25.6 Å². The van der Waals surface area contributed by atoms with E-state index in [-0.39, 0.29) is 23.8 Å². The van der Waals surface area contributed by atoms with Gasteiger partial charge in [-0.2, -0.15) is 0 Å². The zero-order valence-electron chi connectivity index (χ0n) is 19.9. The minimum atomic E-state index is -0.773. The average Bonchev–Trinajstić information content (AvgIpc) is 3.48. The number of nitrogens with one attached hydrogen (secondary N) is 1. The summed E-state index contributed by atoms with van der Waals surface area (Å²) >= 11 is 0. The SMILES string of the molecule is Cc1cc(O[C@H]2CCOC2)cc(C)c1-c1ccc(F)c(CNc2ccc([C@H]3C[C@@H]3C(=O)O)nc2)c1. The molecule has 3 atom stereocenters. The third-order valence-corrected chi connectivity index (χ3v) is 6.79. The first-order chi connectivity index (χ1) is 16.9. The maximum Gasteiger partial charge on any atom is 0.307 e. The number of benzene rings is 2. The van der Waals surface area contributed by atoms with Crippen molar-refractivity contribution in [3.8, 4) is 16.9 Å². The monoisotopic (exact) mass is 476 g/mol. The second kappa shape index (κ2) is 9.66. The molecule has 0 unspecified atom stereocenters. The van der Waals surface area contributed by atoms with Crippen molar-refractivity contribution in [1.29, 1.82) is 0 Å². The van der Waals surface area contributed by atoms with Crippen molar-refractivity contribution in [3.63, 3.8) is 0 Å². The van der Waals surface area contributed by atoms with Crippen LogP contribution in [-0.4, -0.2) is 35.4 Å². The van der Waals surface area contributed by atoms with Gasteiger partial charge >= 0.3 is 5.97 Å². The Morgan fingerprint density at radius 1 is 1.20 bits per heavy atom. The third-order valence-electron chi connectivity index (χ3n) is 6.79. The summed E-state index contributed by atoms with van der Waals surface area (Å²) in [5, 5.41) is 12.3. The first kappa shape index (κ1) is 23.3. The molecule has 1 aliphatic heterocycles. The van der Waals surface area contributed by atoms with Gasteiger partial charge in [0.15, 0.2) is 0 Å². The minimum Gasteiger partial charge on any atom is -0.488 e. The molecule has 2 fully saturated rings. The molecule has 2 aliphatic rings. The van der Waals surface area contributed by atoms with E-state index in [9.17, 15) is 9.18 Å². The van der Waals surface area contributed by atoms with Crippen molar-refractivity contribution in [2.24, 2.45) is 5.92 Å². The maximum atomic E-state index is 14.6. The molecule has 7 heteroatoms. The molecule has 3 aromatic rings. The number of carboxylic acids is 1. The van der Waals surface area contributed by atoms with Crippen molar-refractivity contribution in [2.45, 2.75) is 45.3 Å². The summed E-state index contributed by atoms with van der Waals surface area (Å²) in [6, 6.07) is 13.0. The normalized spacial score (nSPS) is 21.1. The lowest BCUT2D eigenvalue weighted by molar-refractivity contribution is -0.138. The fourth-order valence-electron chi connectivity index (χ4n) is 4.83. The van der Waals surface area contributed by atoms with Crippen LogP contribution in [0.3, 0.4) is 0 Å². The van der Waals surface area contributed by atoms with Gasteiger partial charge in [0.05, 0.1) is 31.0 Å². The van der Waals surface area contributed by atoms with Crippen LogP contribution < -0.4 is 10.1 Å². The number of carbonyl (C=O) groups is 1. The van der Waals surface area contributed by atoms with Gasteiger partial charge in [0.1, 0.15) is 17.7 Å². The molecular formula is C28H29FN2O4. The number of aryl methyl sites for hydroxylation is 2. The first-order valence-corrected chi connectivity index (χ1v) is 12.0. The number of aromatic nitrogens is 1. The second-order valence-electron chi connectivity index (χ2n) is 9.45. The Labute approximate surface area is 204 Å². The summed E-state index contributed by atoms with van der Waals surface area (Å²) in [6.07, 6.45) is 3.30. The van der Waals surface area contributed by atoms with E-state index >= 15 is 0 Å². The van der Waals surface area contributed by atoms with Crippen LogP contribution in [0.25, 0.3) is 11.1 Å². The second-order valence-corrected chi connectivity index (χ2v) is 9.45. The number of rotatable bonds is 8. The molecule has 2 N–H and O–H groups in total. The van der Waals surface area contributed by atoms with E-state index in [0.717, 1.165) is 52.4 Å². The van der Waals surface area contributed by atoms with E-state index in [0.29, 0.717) is 25.1 Å². The van der Waals surface area contributed by atoms with Crippen LogP contribution in [-0.2, 0) is 16.1 Å². The van der Waals surface area contributed by atoms with Crippen LogP contribution >= 0.6 is 0 Å². The molecule has 35 heavy (non-hydrogen) atoms. The first-order valence-electron chi connectivity index (χ1n) is 12.0. The number of ether oxygens (including phenoxy) is 2. The molecule has 1 saturated heterocycles. The maximum absolute atomic E-state index is 14.6. The highest BCUT2D eigenvalue weighted by Crippen LogP contribution is 2.46. The Kier molecular flexibility index (Phi) is 6.43. The standard InChI is InChI=1S/C28H29FN2O4/c1-16-9-22(35-21-7-8-34-15-21)10-17(2)27(16)18-3-5-25(29)19(11-18)13-30-20-4-6-26(31-14-20)23-12-24(23)28(32)33/h3-6,9-11,14,21,23-24,30H,7-8,12-13,15H2,1-2H3,(H,32,33)/t21-,23-,24-/m0/s1. The molecule has 0 bridgehead atoms. The molecule has 5 rings (SSSR count). The molecule has 2 heterocycles. The fourth-order valence-corrected chi connectivity index (χ4v) is 4.83. The van der Waals surface area contributed by atoms with Crippen molar-refractivity contribution in [3.05, 3.63) is 76.9 Å². The van der Waals surface area contributed by atoms with Crippen LogP contribution in [0.5, 0.6) is 5.75 Å². The lowest BCUT2D eigenvalue weighted by Gasteiger charge is -2.17. The van der Waals surface area contributed by atoms with Gasteiger partial charge in [-0.25, -0.2) is 4.39 Å². The predicted octanol–water partition coefficient (Wildman–Crippen LogP) is 5.47. The molecular weight excluding hydrogens is 447 g/mol. The number of anilines is 1. The van der Waals surface area contributed by atoms with Gasteiger partial charge < -0.3 is 19.9 Å². The Morgan fingerprint density at radius 2 is 2.00 bits per heavy atom. The van der Waals surface area contributed by atoms with E-state index in [2.05, 4.69) is 10.3 Å². The van der Waals surface area contributed by atoms with Crippen molar-refractivity contribution >= 4 is 11.7 Å². The van der Waals surface area contributed by atoms with Crippen LogP contribution in [0.1, 0.15) is 41.1 Å². The minimum absolute atomic E-state index is 0.00885. The quantitative estimate of drug-likeness (QED) is 0.449. The number of halogens is 1. The lowest BCUT2D eigenvalue weighted by atomic mass is 9.94. The van der Waals surface area contributed by atoms with Gasteiger partial charge in [-0.05, 0) is 78.9 Å². The van der Waals surface area contributed by atoms with E-state index in [1.165, 1.54) is 6.07 Å². The van der Waals surface area contributed by atoms with E-state index in [1.807, 2.05) is 50.2 Å². The van der Waals surface area contributed by atoms with E-state index in [4.69, 9.17) is 14.6 Å². The average molecular weight is 477 g/mol.